The average Bonchev–Trinajstić information content (AvgIpc) is 2.02. The van der Waals surface area contributed by atoms with Crippen molar-refractivity contribution in [3.05, 3.63) is 41.7 Å². The molecule has 0 unspecified atom stereocenters. The summed E-state index contributed by atoms with van der Waals surface area (Å²) in [5.74, 6) is 1.26. The Kier molecular flexibility index (Phi) is 3.18. The van der Waals surface area contributed by atoms with Crippen molar-refractivity contribution < 1.29 is 9.79 Å². The van der Waals surface area contributed by atoms with E-state index in [2.05, 4.69) is 11.8 Å². The lowest BCUT2D eigenvalue weighted by molar-refractivity contribution is 0.492. The summed E-state index contributed by atoms with van der Waals surface area (Å²) in [6.45, 7) is -3.18. The Morgan fingerprint density at radius 3 is 2.25 bits per heavy atom. The molecule has 0 aromatic heterocycles. The third-order valence-electron chi connectivity index (χ3n) is 1.26. The molecule has 0 heterocycles. The van der Waals surface area contributed by atoms with Gasteiger partial charge in [-0.15, -0.1) is 0 Å². The molecule has 0 bridgehead atoms. The molecule has 2 nitrogen and oxygen atoms in total. The molecule has 4 heteroatoms. The first-order chi connectivity index (χ1) is 5.58. The summed E-state index contributed by atoms with van der Waals surface area (Å²) in [6, 6.07) is 9.37. The van der Waals surface area contributed by atoms with E-state index in [0.717, 1.165) is 5.56 Å². The first-order valence-corrected chi connectivity index (χ1v) is 6.15. The molecule has 1 aromatic carbocycles. The molecule has 0 aliphatic rings. The molecule has 0 atom stereocenters. The fraction of sp³-hybridized carbons (Fsp3) is 0. The first-order valence-electron chi connectivity index (χ1n) is 3.37. The van der Waals surface area contributed by atoms with E-state index in [-0.39, 0.29) is 0 Å². The van der Waals surface area contributed by atoms with Crippen LogP contribution in [0.2, 0.25) is 0 Å². The van der Waals surface area contributed by atoms with E-state index < -0.39 is 6.49 Å². The van der Waals surface area contributed by atoms with Crippen LogP contribution in [0.5, 0.6) is 0 Å². The number of benzene rings is 1. The van der Waals surface area contributed by atoms with Gasteiger partial charge in [0.05, 0.1) is 0 Å². The van der Waals surface area contributed by atoms with Crippen LogP contribution in [0.3, 0.4) is 0 Å². The molecule has 0 amide bonds. The summed E-state index contributed by atoms with van der Waals surface area (Å²) < 4.78 is 0. The SMILES string of the molecule is OP(O)(=S)C=Cc1ccccc1. The fourth-order valence-electron chi connectivity index (χ4n) is 0.747. The van der Waals surface area contributed by atoms with E-state index in [1.54, 1.807) is 6.08 Å². The van der Waals surface area contributed by atoms with Crippen LogP contribution in [0, 0.1) is 0 Å². The lowest BCUT2D eigenvalue weighted by atomic mass is 10.2. The largest absolute Gasteiger partial charge is 0.342 e. The van der Waals surface area contributed by atoms with E-state index in [0.29, 0.717) is 0 Å². The predicted octanol–water partition coefficient (Wildman–Crippen LogP) is 1.95. The minimum Gasteiger partial charge on any atom is -0.342 e. The molecule has 1 rings (SSSR count). The zero-order chi connectivity index (χ0) is 9.03. The Labute approximate surface area is 76.4 Å². The Morgan fingerprint density at radius 2 is 1.75 bits per heavy atom. The van der Waals surface area contributed by atoms with Crippen molar-refractivity contribution in [1.29, 1.82) is 0 Å². The topological polar surface area (TPSA) is 40.5 Å². The second-order valence-corrected chi connectivity index (χ2v) is 5.40. The monoisotopic (exact) mass is 200 g/mol. The van der Waals surface area contributed by atoms with Gasteiger partial charge in [-0.05, 0) is 29.3 Å². The molecular weight excluding hydrogens is 191 g/mol. The van der Waals surface area contributed by atoms with Crippen molar-refractivity contribution in [2.24, 2.45) is 0 Å². The third-order valence-corrected chi connectivity index (χ3v) is 2.16. The number of hydrogen-bond donors (Lipinski definition) is 2. The highest BCUT2D eigenvalue weighted by molar-refractivity contribution is 8.10. The fourth-order valence-corrected chi connectivity index (χ4v) is 1.30. The van der Waals surface area contributed by atoms with Gasteiger partial charge in [-0.25, -0.2) is 0 Å². The maximum absolute atomic E-state index is 8.87. The number of rotatable bonds is 2. The van der Waals surface area contributed by atoms with Gasteiger partial charge in [0.1, 0.15) is 0 Å². The summed E-state index contributed by atoms with van der Waals surface area (Å²) in [7, 11) is 0. The van der Waals surface area contributed by atoms with Gasteiger partial charge in [0.25, 0.3) is 0 Å². The quantitative estimate of drug-likeness (QED) is 0.717. The molecule has 0 radical (unpaired) electrons. The van der Waals surface area contributed by atoms with Gasteiger partial charge in [-0.3, -0.25) is 0 Å². The van der Waals surface area contributed by atoms with Gasteiger partial charge < -0.3 is 9.79 Å². The van der Waals surface area contributed by atoms with Gasteiger partial charge in [-0.1, -0.05) is 30.3 Å². The lowest BCUT2D eigenvalue weighted by Crippen LogP contribution is -1.70. The molecule has 0 saturated heterocycles. The molecular formula is C8H9O2PS. The highest BCUT2D eigenvalue weighted by Gasteiger charge is 1.98. The summed E-state index contributed by atoms with van der Waals surface area (Å²) in [5.41, 5.74) is 0.912. The van der Waals surface area contributed by atoms with Crippen LogP contribution in [0.25, 0.3) is 6.08 Å². The summed E-state index contributed by atoms with van der Waals surface area (Å²) in [4.78, 5) is 17.7. The summed E-state index contributed by atoms with van der Waals surface area (Å²) >= 11 is 4.42. The van der Waals surface area contributed by atoms with Crippen LogP contribution < -0.4 is 0 Å². The maximum Gasteiger partial charge on any atom is 0.207 e. The molecule has 0 aliphatic carbocycles. The normalized spacial score (nSPS) is 12.2. The Bertz CT molecular complexity index is 315. The van der Waals surface area contributed by atoms with Gasteiger partial charge in [-0.2, -0.15) is 0 Å². The highest BCUT2D eigenvalue weighted by atomic mass is 32.5. The molecule has 64 valence electrons. The summed E-state index contributed by atoms with van der Waals surface area (Å²) in [5, 5.41) is 0. The molecule has 0 saturated carbocycles. The zero-order valence-electron chi connectivity index (χ0n) is 6.29. The standard InChI is InChI=1S/C8H9O2PS/c9-11(10,12)7-6-8-4-2-1-3-5-8/h1-7H,(H2,9,10,12). The Balaban J connectivity index is 2.78. The average molecular weight is 200 g/mol. The van der Waals surface area contributed by atoms with Gasteiger partial charge >= 0.3 is 0 Å². The molecule has 2 N–H and O–H groups in total. The second kappa shape index (κ2) is 3.97. The highest BCUT2D eigenvalue weighted by Crippen LogP contribution is 2.37. The van der Waals surface area contributed by atoms with Gasteiger partial charge in [0.2, 0.25) is 6.49 Å². The van der Waals surface area contributed by atoms with E-state index in [4.69, 9.17) is 9.79 Å². The van der Waals surface area contributed by atoms with Gasteiger partial charge in [0, 0.05) is 0 Å². The van der Waals surface area contributed by atoms with Crippen LogP contribution in [0.4, 0.5) is 0 Å². The third kappa shape index (κ3) is 3.79. The van der Waals surface area contributed by atoms with E-state index in [1.807, 2.05) is 30.3 Å². The number of hydrogen-bond acceptors (Lipinski definition) is 1. The van der Waals surface area contributed by atoms with E-state index >= 15 is 0 Å². The maximum atomic E-state index is 8.87. The van der Waals surface area contributed by atoms with Crippen molar-refractivity contribution in [2.45, 2.75) is 0 Å². The van der Waals surface area contributed by atoms with E-state index in [1.165, 1.54) is 5.82 Å². The van der Waals surface area contributed by atoms with E-state index in [9.17, 15) is 0 Å². The molecule has 0 spiro atoms. The van der Waals surface area contributed by atoms with Crippen LogP contribution in [0.15, 0.2) is 36.1 Å². The second-order valence-electron chi connectivity index (χ2n) is 2.32. The Hall–Kier alpha value is -0.470. The minimum atomic E-state index is -3.18. The minimum absolute atomic E-state index is 0.912. The van der Waals surface area contributed by atoms with Crippen molar-refractivity contribution in [2.75, 3.05) is 0 Å². The van der Waals surface area contributed by atoms with Crippen molar-refractivity contribution >= 4 is 24.4 Å². The first kappa shape index (κ1) is 9.62. The van der Waals surface area contributed by atoms with Crippen LogP contribution in [0.1, 0.15) is 5.56 Å². The predicted molar refractivity (Wildman–Crippen MR) is 54.2 cm³/mol. The smallest absolute Gasteiger partial charge is 0.207 e. The molecule has 1 aromatic rings. The molecule has 0 aliphatic heterocycles. The molecule has 0 fully saturated rings. The van der Waals surface area contributed by atoms with Crippen molar-refractivity contribution in [3.63, 3.8) is 0 Å². The van der Waals surface area contributed by atoms with Crippen molar-refractivity contribution in [3.8, 4) is 0 Å². The van der Waals surface area contributed by atoms with Crippen LogP contribution >= 0.6 is 6.49 Å². The summed E-state index contributed by atoms with van der Waals surface area (Å²) in [6.07, 6.45) is 1.61. The Morgan fingerprint density at radius 1 is 1.17 bits per heavy atom. The van der Waals surface area contributed by atoms with Gasteiger partial charge in [0.15, 0.2) is 0 Å². The van der Waals surface area contributed by atoms with Crippen LogP contribution in [-0.4, -0.2) is 9.79 Å². The lowest BCUT2D eigenvalue weighted by Gasteiger charge is -1.98. The van der Waals surface area contributed by atoms with Crippen LogP contribution in [-0.2, 0) is 11.8 Å². The van der Waals surface area contributed by atoms with Crippen molar-refractivity contribution in [1.82, 2.24) is 0 Å². The molecule has 12 heavy (non-hydrogen) atoms. The zero-order valence-corrected chi connectivity index (χ0v) is 8.00.